The van der Waals surface area contributed by atoms with Crippen LogP contribution in [0.25, 0.3) is 6.08 Å². The van der Waals surface area contributed by atoms with Gasteiger partial charge in [-0.15, -0.1) is 0 Å². The standard InChI is InChI=1S/C40H36O7/c1-20-12-27-26-7-6-24(42)18-35(26)46-40(30-8-9-31(43)25-10-11-39(2,3)19-29(25)30)38(27)28(13-20)37-32(44)14-22(16-36(37)47-40)33-15-21-4-5-23(41)17-34(21)45-33/h4-11,13-14,16-18,27-28,33,38,41-44H,12,15,19H2,1-3H3. The maximum atomic E-state index is 11.8. The third-order valence-corrected chi connectivity index (χ3v) is 10.8. The van der Waals surface area contributed by atoms with Crippen LogP contribution in [0.2, 0.25) is 0 Å². The minimum Gasteiger partial charge on any atom is -0.508 e. The van der Waals surface area contributed by atoms with Gasteiger partial charge in [-0.2, -0.15) is 0 Å². The lowest BCUT2D eigenvalue weighted by Gasteiger charge is -2.55. The van der Waals surface area contributed by atoms with Crippen LogP contribution in [-0.4, -0.2) is 20.4 Å². The minimum absolute atomic E-state index is 0.0292. The first-order valence-corrected chi connectivity index (χ1v) is 16.3. The average Bonchev–Trinajstić information content (AvgIpc) is 3.43. The van der Waals surface area contributed by atoms with E-state index in [-0.39, 0.29) is 52.3 Å². The molecule has 0 bridgehead atoms. The Morgan fingerprint density at radius 1 is 0.787 bits per heavy atom. The molecule has 7 nitrogen and oxygen atoms in total. The minimum atomic E-state index is -1.34. The summed E-state index contributed by atoms with van der Waals surface area (Å²) < 4.78 is 20.6. The summed E-state index contributed by atoms with van der Waals surface area (Å²) in [5, 5.41) is 43.5. The van der Waals surface area contributed by atoms with Crippen molar-refractivity contribution in [2.45, 2.75) is 63.8 Å². The fraction of sp³-hybridized carbons (Fsp3) is 0.300. The van der Waals surface area contributed by atoms with Gasteiger partial charge in [0.15, 0.2) is 0 Å². The van der Waals surface area contributed by atoms with Crippen molar-refractivity contribution in [2.24, 2.45) is 11.3 Å². The highest BCUT2D eigenvalue weighted by molar-refractivity contribution is 5.68. The monoisotopic (exact) mass is 628 g/mol. The molecule has 4 aromatic rings. The largest absolute Gasteiger partial charge is 0.508 e. The summed E-state index contributed by atoms with van der Waals surface area (Å²) >= 11 is 0. The van der Waals surface area contributed by atoms with Crippen molar-refractivity contribution in [3.05, 3.63) is 117 Å². The molecule has 0 radical (unpaired) electrons. The van der Waals surface area contributed by atoms with Gasteiger partial charge in [-0.05, 0) is 78.3 Å². The molecule has 5 unspecified atom stereocenters. The molecule has 2 aliphatic carbocycles. The number of aromatic hydroxyl groups is 4. The summed E-state index contributed by atoms with van der Waals surface area (Å²) in [6, 6.07) is 17.8. The van der Waals surface area contributed by atoms with Crippen LogP contribution in [0, 0.1) is 11.3 Å². The normalized spacial score (nSPS) is 27.1. The van der Waals surface area contributed by atoms with Gasteiger partial charge in [-0.3, -0.25) is 0 Å². The van der Waals surface area contributed by atoms with Crippen molar-refractivity contribution in [3.8, 4) is 40.2 Å². The highest BCUT2D eigenvalue weighted by Gasteiger charge is 2.62. The molecular weight excluding hydrogens is 592 g/mol. The molecular formula is C40H36O7. The van der Waals surface area contributed by atoms with Gasteiger partial charge in [-0.25, -0.2) is 0 Å². The second-order valence-corrected chi connectivity index (χ2v) is 14.5. The third kappa shape index (κ3) is 4.11. The molecule has 4 aromatic carbocycles. The molecule has 3 heterocycles. The number of benzene rings is 4. The number of phenolic OH excluding ortho intramolecular Hbond substituents is 4. The Morgan fingerprint density at radius 2 is 1.55 bits per heavy atom. The Labute approximate surface area is 273 Å². The van der Waals surface area contributed by atoms with Gasteiger partial charge in [0, 0.05) is 52.6 Å². The van der Waals surface area contributed by atoms with Crippen LogP contribution < -0.4 is 14.2 Å². The lowest BCUT2D eigenvalue weighted by molar-refractivity contribution is -0.198. The van der Waals surface area contributed by atoms with E-state index in [0.29, 0.717) is 35.7 Å². The predicted octanol–water partition coefficient (Wildman–Crippen LogP) is 8.25. The highest BCUT2D eigenvalue weighted by atomic mass is 16.7. The number of hydrogen-bond donors (Lipinski definition) is 4. The molecule has 47 heavy (non-hydrogen) atoms. The first-order valence-electron chi connectivity index (χ1n) is 16.3. The second kappa shape index (κ2) is 9.50. The molecule has 0 saturated carbocycles. The van der Waals surface area contributed by atoms with Gasteiger partial charge in [0.1, 0.15) is 46.4 Å². The average molecular weight is 629 g/mol. The molecule has 0 spiro atoms. The number of hydrogen-bond acceptors (Lipinski definition) is 7. The zero-order chi connectivity index (χ0) is 32.4. The fourth-order valence-corrected chi connectivity index (χ4v) is 8.78. The van der Waals surface area contributed by atoms with Gasteiger partial charge in [0.2, 0.25) is 0 Å². The Morgan fingerprint density at radius 3 is 2.38 bits per heavy atom. The van der Waals surface area contributed by atoms with Crippen molar-refractivity contribution in [1.29, 1.82) is 0 Å². The van der Waals surface area contributed by atoms with Crippen LogP contribution in [0.4, 0.5) is 0 Å². The number of phenols is 4. The zero-order valence-electron chi connectivity index (χ0n) is 26.4. The zero-order valence-corrected chi connectivity index (χ0v) is 26.4. The molecule has 0 fully saturated rings. The van der Waals surface area contributed by atoms with E-state index in [4.69, 9.17) is 14.2 Å². The Kier molecular flexibility index (Phi) is 5.70. The van der Waals surface area contributed by atoms with Gasteiger partial charge in [0.05, 0.1) is 5.92 Å². The molecule has 0 aromatic heterocycles. The summed E-state index contributed by atoms with van der Waals surface area (Å²) in [6.45, 7) is 6.47. The Hall–Kier alpha value is -5.04. The first-order chi connectivity index (χ1) is 22.5. The van der Waals surface area contributed by atoms with Crippen LogP contribution >= 0.6 is 0 Å². The summed E-state index contributed by atoms with van der Waals surface area (Å²) in [4.78, 5) is 0. The van der Waals surface area contributed by atoms with Crippen LogP contribution in [0.3, 0.4) is 0 Å². The van der Waals surface area contributed by atoms with Crippen LogP contribution in [-0.2, 0) is 18.6 Å². The maximum absolute atomic E-state index is 11.8. The summed E-state index contributed by atoms with van der Waals surface area (Å²) in [7, 11) is 0. The van der Waals surface area contributed by atoms with Crippen molar-refractivity contribution >= 4 is 6.08 Å². The van der Waals surface area contributed by atoms with Gasteiger partial charge in [0.25, 0.3) is 5.79 Å². The molecule has 0 saturated heterocycles. The molecule has 9 rings (SSSR count). The van der Waals surface area contributed by atoms with Crippen LogP contribution in [0.15, 0.2) is 78.4 Å². The van der Waals surface area contributed by atoms with E-state index in [9.17, 15) is 20.4 Å². The van der Waals surface area contributed by atoms with Crippen molar-refractivity contribution < 1.29 is 34.6 Å². The van der Waals surface area contributed by atoms with Crippen LogP contribution in [0.5, 0.6) is 40.2 Å². The summed E-state index contributed by atoms with van der Waals surface area (Å²) in [5.74, 6) is 0.395. The SMILES string of the molecule is CC1=CC2c3c(O)cc(C4Cc5ccc(O)cc5O4)cc3OC3(c4ccc(O)c5c4CC(C)(C)C=C5)Oc4cc(O)ccc4C(C1)C23. The predicted molar refractivity (Wildman–Crippen MR) is 176 cm³/mol. The molecule has 4 N–H and O–H groups in total. The van der Waals surface area contributed by atoms with Crippen molar-refractivity contribution in [1.82, 2.24) is 0 Å². The van der Waals surface area contributed by atoms with Crippen molar-refractivity contribution in [2.75, 3.05) is 0 Å². The van der Waals surface area contributed by atoms with E-state index in [2.05, 4.69) is 32.9 Å². The lowest BCUT2D eigenvalue weighted by Crippen LogP contribution is -2.56. The van der Waals surface area contributed by atoms with Crippen molar-refractivity contribution in [3.63, 3.8) is 0 Å². The van der Waals surface area contributed by atoms with Gasteiger partial charge in [-0.1, -0.05) is 49.8 Å². The summed E-state index contributed by atoms with van der Waals surface area (Å²) in [5.41, 5.74) is 7.03. The van der Waals surface area contributed by atoms with Crippen LogP contribution in [0.1, 0.15) is 84.1 Å². The Bertz CT molecular complexity index is 2070. The second-order valence-electron chi connectivity index (χ2n) is 14.5. The quantitative estimate of drug-likeness (QED) is 0.166. The van der Waals surface area contributed by atoms with E-state index >= 15 is 0 Å². The molecule has 0 amide bonds. The van der Waals surface area contributed by atoms with E-state index in [1.165, 1.54) is 5.57 Å². The lowest BCUT2D eigenvalue weighted by atomic mass is 9.60. The molecule has 3 aliphatic heterocycles. The van der Waals surface area contributed by atoms with E-state index in [0.717, 1.165) is 39.8 Å². The maximum Gasteiger partial charge on any atom is 0.282 e. The molecule has 5 atom stereocenters. The highest BCUT2D eigenvalue weighted by Crippen LogP contribution is 2.65. The fourth-order valence-electron chi connectivity index (χ4n) is 8.78. The third-order valence-electron chi connectivity index (χ3n) is 10.8. The molecule has 238 valence electrons. The number of allylic oxidation sites excluding steroid dienone is 3. The molecule has 5 aliphatic rings. The first kappa shape index (κ1) is 28.2. The number of ether oxygens (including phenoxy) is 3. The topological polar surface area (TPSA) is 109 Å². The number of rotatable bonds is 2. The van der Waals surface area contributed by atoms with Gasteiger partial charge < -0.3 is 34.6 Å². The molecule has 7 heteroatoms. The smallest absolute Gasteiger partial charge is 0.282 e. The van der Waals surface area contributed by atoms with Gasteiger partial charge >= 0.3 is 0 Å². The Balaban J connectivity index is 1.28. The van der Waals surface area contributed by atoms with E-state index in [1.807, 2.05) is 30.3 Å². The van der Waals surface area contributed by atoms with E-state index in [1.54, 1.807) is 36.4 Å². The van der Waals surface area contributed by atoms with E-state index < -0.39 is 5.79 Å². The summed E-state index contributed by atoms with van der Waals surface area (Å²) in [6.07, 6.45) is 8.01. The number of fused-ring (bicyclic) bond motifs is 6.